The van der Waals surface area contributed by atoms with E-state index in [1.807, 2.05) is 21.1 Å². The van der Waals surface area contributed by atoms with Crippen molar-refractivity contribution in [3.63, 3.8) is 0 Å². The SMILES string of the molecule is CC(=O)OC[C@H](CO)OP(=O)([O-])OCC[N+](C)(C)C. The molecule has 0 rings (SSSR count). The summed E-state index contributed by atoms with van der Waals surface area (Å²) in [5.74, 6) is -0.589. The first kappa shape index (κ1) is 18.5. The van der Waals surface area contributed by atoms with Gasteiger partial charge in [-0.05, 0) is 0 Å². The second-order valence-electron chi connectivity index (χ2n) is 5.01. The molecule has 114 valence electrons. The Kier molecular flexibility index (Phi) is 7.73. The number of nitrogens with zero attached hydrogens (tertiary/aromatic N) is 1. The highest BCUT2D eigenvalue weighted by atomic mass is 31.2. The summed E-state index contributed by atoms with van der Waals surface area (Å²) in [5.41, 5.74) is 0. The van der Waals surface area contributed by atoms with Gasteiger partial charge in [-0.1, -0.05) is 0 Å². The van der Waals surface area contributed by atoms with Crippen LogP contribution in [0.2, 0.25) is 0 Å². The second-order valence-corrected chi connectivity index (χ2v) is 6.37. The minimum Gasteiger partial charge on any atom is -0.756 e. The molecule has 1 unspecified atom stereocenters. The predicted octanol–water partition coefficient (Wildman–Crippen LogP) is -0.882. The molecule has 0 heterocycles. The van der Waals surface area contributed by atoms with Crippen LogP contribution in [0.5, 0.6) is 0 Å². The number of phosphoric ester groups is 1. The first-order valence-corrected chi connectivity index (χ1v) is 7.20. The van der Waals surface area contributed by atoms with Crippen molar-refractivity contribution >= 4 is 13.8 Å². The van der Waals surface area contributed by atoms with Crippen LogP contribution in [0, 0.1) is 0 Å². The number of ether oxygens (including phenoxy) is 1. The van der Waals surface area contributed by atoms with Crippen molar-refractivity contribution in [2.45, 2.75) is 13.0 Å². The predicted molar refractivity (Wildman–Crippen MR) is 65.0 cm³/mol. The van der Waals surface area contributed by atoms with Gasteiger partial charge in [-0.3, -0.25) is 9.36 Å². The van der Waals surface area contributed by atoms with E-state index >= 15 is 0 Å². The zero-order chi connectivity index (χ0) is 15.1. The number of rotatable bonds is 9. The summed E-state index contributed by atoms with van der Waals surface area (Å²) < 4.78 is 25.8. The normalized spacial score (nSPS) is 16.7. The van der Waals surface area contributed by atoms with E-state index in [9.17, 15) is 14.3 Å². The van der Waals surface area contributed by atoms with Crippen molar-refractivity contribution < 1.29 is 37.6 Å². The molecule has 0 aromatic rings. The van der Waals surface area contributed by atoms with Crippen molar-refractivity contribution in [2.24, 2.45) is 0 Å². The zero-order valence-electron chi connectivity index (χ0n) is 11.7. The van der Waals surface area contributed by atoms with Gasteiger partial charge < -0.3 is 28.3 Å². The number of carbonyl (C=O) groups excluding carboxylic acids is 1. The Balaban J connectivity index is 4.17. The van der Waals surface area contributed by atoms with E-state index < -0.39 is 26.5 Å². The van der Waals surface area contributed by atoms with Crippen molar-refractivity contribution in [1.29, 1.82) is 0 Å². The van der Waals surface area contributed by atoms with E-state index in [4.69, 9.17) is 5.11 Å². The van der Waals surface area contributed by atoms with Gasteiger partial charge in [0.15, 0.2) is 0 Å². The number of hydrogen-bond acceptors (Lipinski definition) is 7. The maximum absolute atomic E-state index is 11.5. The fourth-order valence-electron chi connectivity index (χ4n) is 0.966. The van der Waals surface area contributed by atoms with Crippen LogP contribution in [0.15, 0.2) is 0 Å². The maximum Gasteiger partial charge on any atom is 0.302 e. The van der Waals surface area contributed by atoms with E-state index in [1.165, 1.54) is 6.92 Å². The third kappa shape index (κ3) is 11.1. The lowest BCUT2D eigenvalue weighted by Crippen LogP contribution is -2.38. The summed E-state index contributed by atoms with van der Waals surface area (Å²) >= 11 is 0. The largest absolute Gasteiger partial charge is 0.756 e. The highest BCUT2D eigenvalue weighted by molar-refractivity contribution is 7.45. The Morgan fingerprint density at radius 2 is 2.00 bits per heavy atom. The van der Waals surface area contributed by atoms with Crippen LogP contribution in [-0.4, -0.2) is 69.2 Å². The Morgan fingerprint density at radius 3 is 2.42 bits per heavy atom. The Labute approximate surface area is 113 Å². The molecule has 0 aliphatic carbocycles. The molecule has 0 saturated heterocycles. The van der Waals surface area contributed by atoms with Crippen molar-refractivity contribution in [3.8, 4) is 0 Å². The minimum atomic E-state index is -4.52. The molecular formula is C10H22NO7P. The van der Waals surface area contributed by atoms with Gasteiger partial charge in [-0.25, -0.2) is 0 Å². The molecule has 0 radical (unpaired) electrons. The van der Waals surface area contributed by atoms with Gasteiger partial charge in [0.05, 0.1) is 27.7 Å². The number of hydrogen-bond donors (Lipinski definition) is 1. The van der Waals surface area contributed by atoms with Gasteiger partial charge in [0, 0.05) is 6.92 Å². The highest BCUT2D eigenvalue weighted by Crippen LogP contribution is 2.39. The molecule has 19 heavy (non-hydrogen) atoms. The fourth-order valence-corrected chi connectivity index (χ4v) is 1.83. The van der Waals surface area contributed by atoms with Crippen molar-refractivity contribution in [3.05, 3.63) is 0 Å². The third-order valence-corrected chi connectivity index (χ3v) is 3.02. The lowest BCUT2D eigenvalue weighted by molar-refractivity contribution is -0.870. The summed E-state index contributed by atoms with van der Waals surface area (Å²) in [5, 5.41) is 8.92. The summed E-state index contributed by atoms with van der Waals surface area (Å²) in [7, 11) is 1.14. The molecule has 1 N–H and O–H groups in total. The number of aliphatic hydroxyl groups is 1. The smallest absolute Gasteiger partial charge is 0.302 e. The molecule has 9 heteroatoms. The first-order chi connectivity index (χ1) is 8.56. The molecule has 0 aliphatic heterocycles. The van der Waals surface area contributed by atoms with Gasteiger partial charge in [-0.15, -0.1) is 0 Å². The van der Waals surface area contributed by atoms with E-state index in [0.717, 1.165) is 0 Å². The number of phosphoric acid groups is 1. The molecule has 0 saturated carbocycles. The molecule has 2 atom stereocenters. The Hall–Kier alpha value is -0.500. The molecular weight excluding hydrogens is 277 g/mol. The summed E-state index contributed by atoms with van der Waals surface area (Å²) in [4.78, 5) is 22.0. The third-order valence-electron chi connectivity index (χ3n) is 1.97. The number of esters is 1. The minimum absolute atomic E-state index is 0.0318. The molecule has 0 bridgehead atoms. The quantitative estimate of drug-likeness (QED) is 0.335. The molecule has 0 amide bonds. The van der Waals surface area contributed by atoms with E-state index in [0.29, 0.717) is 11.0 Å². The van der Waals surface area contributed by atoms with Crippen LogP contribution in [0.1, 0.15) is 6.92 Å². The van der Waals surface area contributed by atoms with E-state index in [2.05, 4.69) is 13.8 Å². The molecule has 0 spiro atoms. The molecule has 8 nitrogen and oxygen atoms in total. The summed E-state index contributed by atoms with van der Waals surface area (Å²) in [6, 6.07) is 0. The Bertz CT molecular complexity index is 328. The van der Waals surface area contributed by atoms with Crippen LogP contribution in [-0.2, 0) is 23.1 Å². The van der Waals surface area contributed by atoms with Crippen LogP contribution in [0.25, 0.3) is 0 Å². The molecule has 0 aromatic carbocycles. The maximum atomic E-state index is 11.5. The molecule has 0 fully saturated rings. The molecule has 0 aliphatic rings. The highest BCUT2D eigenvalue weighted by Gasteiger charge is 2.20. The number of carbonyl (C=O) groups is 1. The second kappa shape index (κ2) is 7.94. The van der Waals surface area contributed by atoms with E-state index in [-0.39, 0.29) is 13.2 Å². The van der Waals surface area contributed by atoms with Gasteiger partial charge >= 0.3 is 5.97 Å². The number of likely N-dealkylation sites (N-methyl/N-ethyl adjacent to an activating group) is 1. The number of aliphatic hydroxyl groups excluding tert-OH is 1. The van der Waals surface area contributed by atoms with Crippen molar-refractivity contribution in [2.75, 3.05) is 47.5 Å². The number of quaternary nitrogens is 1. The van der Waals surface area contributed by atoms with Crippen LogP contribution < -0.4 is 4.89 Å². The summed E-state index contributed by atoms with van der Waals surface area (Å²) in [6.45, 7) is 0.664. The summed E-state index contributed by atoms with van der Waals surface area (Å²) in [6.07, 6.45) is -1.16. The topological polar surface area (TPSA) is 105 Å². The van der Waals surface area contributed by atoms with Gasteiger partial charge in [0.1, 0.15) is 25.9 Å². The average molecular weight is 299 g/mol. The Morgan fingerprint density at radius 1 is 1.42 bits per heavy atom. The van der Waals surface area contributed by atoms with Gasteiger partial charge in [0.25, 0.3) is 7.82 Å². The lowest BCUT2D eigenvalue weighted by atomic mass is 10.4. The zero-order valence-corrected chi connectivity index (χ0v) is 12.6. The van der Waals surface area contributed by atoms with Gasteiger partial charge in [-0.2, -0.15) is 0 Å². The molecule has 0 aromatic heterocycles. The monoisotopic (exact) mass is 299 g/mol. The van der Waals surface area contributed by atoms with Crippen molar-refractivity contribution in [1.82, 2.24) is 0 Å². The lowest BCUT2D eigenvalue weighted by Gasteiger charge is -2.29. The average Bonchev–Trinajstić information content (AvgIpc) is 2.21. The van der Waals surface area contributed by atoms with Crippen LogP contribution in [0.3, 0.4) is 0 Å². The fraction of sp³-hybridized carbons (Fsp3) is 0.900. The van der Waals surface area contributed by atoms with Gasteiger partial charge in [0.2, 0.25) is 0 Å². The van der Waals surface area contributed by atoms with E-state index in [1.54, 1.807) is 0 Å². The van der Waals surface area contributed by atoms with Crippen LogP contribution in [0.4, 0.5) is 0 Å². The first-order valence-electron chi connectivity index (χ1n) is 5.74. The standard InChI is InChI=1S/C10H22NO7P/c1-9(13)16-8-10(7-12)18-19(14,15)17-6-5-11(2,3)4/h10,12H,5-8H2,1-4H3/t10-/m0/s1. The van der Waals surface area contributed by atoms with Crippen LogP contribution >= 0.6 is 7.82 Å².